The standard InChI is InChI=1S/C108H61N15S/c1-108(2)78-35-20-36-80-92(78)95(72-48-44-61(55-79(72)108)59-46-50-87-76(53-59)98-103(119-83-39-16-12-28-66(83)63-25-7-10-32-70(63)101(119)114-98)118(87)91-57-75(58-23-4-3-5-24-58)94-82(110-91)38-22-52-109-94)116-106(111-80)123-88-51-47-60(54-77(88)99-105(123)121-85-41-18-14-30-68(85)65-27-8-11-33-71(65)102(121)115-99)62-45-49-74-90(56-62)124-89-43-21-37-81-93(89)96(74)117-107(112-81)122-86-42-19-15-34-73(86)97-104(122)120-84-40-17-13-29-67(84)64-26-6-9-31-69(64)100(120)113-97/h3-57H,1-2H3. The van der Waals surface area contributed by atoms with Crippen LogP contribution in [0.5, 0.6) is 0 Å². The number of imidazole rings is 3. The van der Waals surface area contributed by atoms with Gasteiger partial charge in [0.15, 0.2) is 16.9 Å². The van der Waals surface area contributed by atoms with Crippen LogP contribution in [-0.4, -0.2) is 71.8 Å². The van der Waals surface area contributed by atoms with E-state index in [9.17, 15) is 0 Å². The van der Waals surface area contributed by atoms with Crippen LogP contribution < -0.4 is 0 Å². The summed E-state index contributed by atoms with van der Waals surface area (Å²) in [6, 6.07) is 118. The second-order valence-electron chi connectivity index (χ2n) is 33.6. The van der Waals surface area contributed by atoms with Crippen molar-refractivity contribution in [3.8, 4) is 73.6 Å². The molecule has 574 valence electrons. The van der Waals surface area contributed by atoms with Crippen molar-refractivity contribution in [2.75, 3.05) is 0 Å². The van der Waals surface area contributed by atoms with Crippen molar-refractivity contribution in [3.63, 3.8) is 0 Å². The highest BCUT2D eigenvalue weighted by Gasteiger charge is 2.38. The summed E-state index contributed by atoms with van der Waals surface area (Å²) in [6.07, 6.45) is 1.85. The highest BCUT2D eigenvalue weighted by molar-refractivity contribution is 7.99. The van der Waals surface area contributed by atoms with Crippen LogP contribution in [0.15, 0.2) is 344 Å². The van der Waals surface area contributed by atoms with Gasteiger partial charge >= 0.3 is 0 Å². The molecule has 0 amide bonds. The van der Waals surface area contributed by atoms with Crippen LogP contribution in [0.1, 0.15) is 25.0 Å². The minimum Gasteiger partial charge on any atom is -0.278 e. The molecule has 0 radical (unpaired) electrons. The molecule has 27 aromatic rings. The maximum Gasteiger partial charge on any atom is 0.237 e. The van der Waals surface area contributed by atoms with Gasteiger partial charge in [-0.2, -0.15) is 0 Å². The number of benzene rings is 14. The van der Waals surface area contributed by atoms with E-state index in [4.69, 9.17) is 44.9 Å². The van der Waals surface area contributed by atoms with E-state index in [1.165, 1.54) is 16.5 Å². The number of aromatic nitrogens is 15. The van der Waals surface area contributed by atoms with Crippen LogP contribution in [-0.2, 0) is 5.41 Å². The summed E-state index contributed by atoms with van der Waals surface area (Å²) in [6.45, 7) is 4.70. The molecular weight excluding hydrogens is 1540 g/mol. The average molecular weight is 1600 g/mol. The van der Waals surface area contributed by atoms with Gasteiger partial charge in [-0.3, -0.25) is 31.9 Å². The van der Waals surface area contributed by atoms with Gasteiger partial charge in [0.2, 0.25) is 11.9 Å². The van der Waals surface area contributed by atoms with Gasteiger partial charge < -0.3 is 0 Å². The van der Waals surface area contributed by atoms with Crippen LogP contribution in [0.2, 0.25) is 0 Å². The summed E-state index contributed by atoms with van der Waals surface area (Å²) in [5.74, 6) is 1.91. The number of pyridine rings is 5. The number of para-hydroxylation sites is 4. The highest BCUT2D eigenvalue weighted by Crippen LogP contribution is 2.53. The molecule has 14 heterocycles. The molecule has 0 bridgehead atoms. The van der Waals surface area contributed by atoms with Crippen molar-refractivity contribution in [2.24, 2.45) is 0 Å². The van der Waals surface area contributed by atoms with Crippen LogP contribution >= 0.6 is 11.8 Å². The van der Waals surface area contributed by atoms with Gasteiger partial charge in [0, 0.05) is 97.3 Å². The van der Waals surface area contributed by atoms with E-state index in [0.29, 0.717) is 11.9 Å². The Hall–Kier alpha value is -16.3. The zero-order chi connectivity index (χ0) is 80.8. The molecule has 2 aliphatic rings. The molecule has 1 aliphatic heterocycles. The SMILES string of the molecule is CC1(C)c2cc(-c3ccc4c(c3)c3nc5c6ccccc6c6ccccc6n5c3n4-c3cc(-c4ccccc4)c4ncccc4n3)ccc2-c2nc(-n3c4ccc(-c5ccc6c(c5)Sc5cccc7nc(-n8c9ccccc9c9nc%10c%11ccccc%11c%11ccccc%11n%10c98)nc-6c57)cc4c4nc5c6ccccc6c6ccccc6n5c43)nc3cccc1c23. The molecular formula is C108H61N15S. The maximum atomic E-state index is 5.94. The fraction of sp³-hybridized carbons (Fsp3) is 0.0278. The Balaban J connectivity index is 0.604. The molecule has 15 nitrogen and oxygen atoms in total. The van der Waals surface area contributed by atoms with E-state index in [0.717, 1.165) is 247 Å². The van der Waals surface area contributed by atoms with Gasteiger partial charge in [-0.15, -0.1) is 0 Å². The Morgan fingerprint density at radius 2 is 0.702 bits per heavy atom. The van der Waals surface area contributed by atoms with Gasteiger partial charge in [0.1, 0.15) is 39.3 Å². The number of hydrogen-bond acceptors (Lipinski definition) is 10. The molecule has 0 spiro atoms. The van der Waals surface area contributed by atoms with E-state index in [2.05, 4.69) is 362 Å². The van der Waals surface area contributed by atoms with Crippen molar-refractivity contribution in [1.82, 2.24) is 71.8 Å². The molecule has 1 aliphatic carbocycles. The molecule has 0 N–H and O–H groups in total. The second kappa shape index (κ2) is 24.0. The lowest BCUT2D eigenvalue weighted by Gasteiger charge is -2.35. The molecule has 13 aromatic heterocycles. The monoisotopic (exact) mass is 1600 g/mol. The van der Waals surface area contributed by atoms with Crippen molar-refractivity contribution in [3.05, 3.63) is 345 Å². The fourth-order valence-corrected chi connectivity index (χ4v) is 22.4. The molecule has 29 rings (SSSR count). The average Bonchev–Trinajstić information content (AvgIpc) is 1.48. The van der Waals surface area contributed by atoms with Crippen LogP contribution in [0.25, 0.3) is 255 Å². The first-order valence-electron chi connectivity index (χ1n) is 41.9. The zero-order valence-corrected chi connectivity index (χ0v) is 67.2. The Labute approximate surface area is 707 Å². The third-order valence-corrected chi connectivity index (χ3v) is 27.9. The summed E-state index contributed by atoms with van der Waals surface area (Å²) in [4.78, 5) is 52.6. The summed E-state index contributed by atoms with van der Waals surface area (Å²) in [7, 11) is 0. The first kappa shape index (κ1) is 66.6. The van der Waals surface area contributed by atoms with Crippen LogP contribution in [0, 0.1) is 0 Å². The van der Waals surface area contributed by atoms with E-state index in [1.54, 1.807) is 11.8 Å². The lowest BCUT2D eigenvalue weighted by molar-refractivity contribution is 0.644. The van der Waals surface area contributed by atoms with Crippen molar-refractivity contribution in [2.45, 2.75) is 29.1 Å². The number of fused-ring (bicyclic) bond motifs is 35. The molecule has 14 aromatic carbocycles. The summed E-state index contributed by atoms with van der Waals surface area (Å²) < 4.78 is 13.9. The van der Waals surface area contributed by atoms with Gasteiger partial charge in [0.05, 0.1) is 66.6 Å². The van der Waals surface area contributed by atoms with E-state index >= 15 is 0 Å². The Bertz CT molecular complexity index is 9620. The Morgan fingerprint density at radius 3 is 1.29 bits per heavy atom. The molecule has 16 heteroatoms. The fourth-order valence-electron chi connectivity index (χ4n) is 21.3. The summed E-state index contributed by atoms with van der Waals surface area (Å²) >= 11 is 1.77. The normalized spacial score (nSPS) is 13.3. The van der Waals surface area contributed by atoms with Crippen molar-refractivity contribution < 1.29 is 0 Å². The topological polar surface area (TPSA) is 144 Å². The molecule has 0 saturated heterocycles. The summed E-state index contributed by atoms with van der Waals surface area (Å²) in [5.41, 5.74) is 29.6. The molecule has 0 atom stereocenters. The lowest BCUT2D eigenvalue weighted by atomic mass is 9.69. The number of rotatable bonds is 6. The second-order valence-corrected chi connectivity index (χ2v) is 34.6. The zero-order valence-electron chi connectivity index (χ0n) is 66.4. The molecule has 124 heavy (non-hydrogen) atoms. The van der Waals surface area contributed by atoms with Gasteiger partial charge in [0.25, 0.3) is 0 Å². The molecule has 0 fully saturated rings. The van der Waals surface area contributed by atoms with E-state index in [1.807, 2.05) is 12.3 Å². The van der Waals surface area contributed by atoms with E-state index < -0.39 is 5.41 Å². The predicted molar refractivity (Wildman–Crippen MR) is 503 cm³/mol. The largest absolute Gasteiger partial charge is 0.278 e. The smallest absolute Gasteiger partial charge is 0.237 e. The predicted octanol–water partition coefficient (Wildman–Crippen LogP) is 26.1. The van der Waals surface area contributed by atoms with Gasteiger partial charge in [-0.05, 0) is 152 Å². The third-order valence-electron chi connectivity index (χ3n) is 26.8. The number of nitrogens with zero attached hydrogens (tertiary/aromatic N) is 15. The molecule has 0 saturated carbocycles. The van der Waals surface area contributed by atoms with Crippen molar-refractivity contribution in [1.29, 1.82) is 0 Å². The lowest BCUT2D eigenvalue weighted by Crippen LogP contribution is -2.24. The minimum atomic E-state index is -0.470. The first-order chi connectivity index (χ1) is 61.3. The van der Waals surface area contributed by atoms with Crippen LogP contribution in [0.3, 0.4) is 0 Å². The Morgan fingerprint density at radius 1 is 0.258 bits per heavy atom. The van der Waals surface area contributed by atoms with E-state index in [-0.39, 0.29) is 0 Å². The number of hydrogen-bond donors (Lipinski definition) is 0. The van der Waals surface area contributed by atoms with Gasteiger partial charge in [-0.25, -0.2) is 39.9 Å². The summed E-state index contributed by atoms with van der Waals surface area (Å²) in [5, 5.41) is 15.2. The van der Waals surface area contributed by atoms with Gasteiger partial charge in [-0.1, -0.05) is 256 Å². The molecule has 0 unspecified atom stereocenters. The Kier molecular flexibility index (Phi) is 12.9. The minimum absolute atomic E-state index is 0.470. The van der Waals surface area contributed by atoms with Crippen LogP contribution in [0.4, 0.5) is 0 Å². The third kappa shape index (κ3) is 8.76. The van der Waals surface area contributed by atoms with Crippen molar-refractivity contribution >= 4 is 193 Å². The quantitative estimate of drug-likeness (QED) is 0.148. The first-order valence-corrected chi connectivity index (χ1v) is 42.7. The highest BCUT2D eigenvalue weighted by atomic mass is 32.2. The maximum absolute atomic E-state index is 5.94.